The van der Waals surface area contributed by atoms with E-state index in [0.717, 1.165) is 17.8 Å². The quantitative estimate of drug-likeness (QED) is 0.731. The summed E-state index contributed by atoms with van der Waals surface area (Å²) in [5.74, 6) is 5.96. The van der Waals surface area contributed by atoms with Crippen LogP contribution in [0.2, 0.25) is 0 Å². The first-order valence-electron chi connectivity index (χ1n) is 8.37. The van der Waals surface area contributed by atoms with Crippen molar-refractivity contribution in [2.45, 2.75) is 41.5 Å². The molecule has 25 heavy (non-hydrogen) atoms. The molecule has 0 bridgehead atoms. The van der Waals surface area contributed by atoms with E-state index < -0.39 is 10.1 Å². The Labute approximate surface area is 153 Å². The van der Waals surface area contributed by atoms with Gasteiger partial charge in [0.2, 0.25) is 0 Å². The second-order valence-corrected chi connectivity index (χ2v) is 5.13. The van der Waals surface area contributed by atoms with Gasteiger partial charge in [0, 0.05) is 0 Å². The summed E-state index contributed by atoms with van der Waals surface area (Å²) < 4.78 is 28.3. The molecule has 0 saturated heterocycles. The fourth-order valence-electron chi connectivity index (χ4n) is 1.11. The molecular formula is C19H33NO4S. The van der Waals surface area contributed by atoms with E-state index in [1.807, 2.05) is 102 Å². The molecule has 5 nitrogen and oxygen atoms in total. The molecule has 6 heteroatoms. The van der Waals surface area contributed by atoms with E-state index in [4.69, 9.17) is 4.74 Å². The molecule has 0 saturated carbocycles. The van der Waals surface area contributed by atoms with Gasteiger partial charge >= 0.3 is 0 Å². The second kappa shape index (κ2) is 20.2. The van der Waals surface area contributed by atoms with Crippen LogP contribution >= 0.6 is 0 Å². The Balaban J connectivity index is -0.000000343. The molecule has 0 aromatic heterocycles. The molecule has 144 valence electrons. The van der Waals surface area contributed by atoms with Crippen LogP contribution in [0.3, 0.4) is 0 Å². The van der Waals surface area contributed by atoms with Crippen LogP contribution in [0.1, 0.15) is 41.5 Å². The van der Waals surface area contributed by atoms with E-state index >= 15 is 0 Å². The van der Waals surface area contributed by atoms with Crippen LogP contribution in [-0.4, -0.2) is 14.7 Å². The third-order valence-corrected chi connectivity index (χ3v) is 2.25. The lowest BCUT2D eigenvalue weighted by atomic mass is 10.3. The van der Waals surface area contributed by atoms with Crippen molar-refractivity contribution < 1.29 is 17.4 Å². The predicted octanol–water partition coefficient (Wildman–Crippen LogP) is 5.39. The van der Waals surface area contributed by atoms with Crippen LogP contribution in [0.25, 0.3) is 0 Å². The van der Waals surface area contributed by atoms with Crippen LogP contribution in [0.15, 0.2) is 60.7 Å². The molecule has 0 spiro atoms. The highest BCUT2D eigenvalue weighted by Gasteiger charge is 1.92. The lowest BCUT2D eigenvalue weighted by Crippen LogP contribution is -2.07. The molecule has 0 heterocycles. The summed E-state index contributed by atoms with van der Waals surface area (Å²) in [5.41, 5.74) is 0. The Kier molecular flexibility index (Phi) is 22.5. The minimum absolute atomic E-state index is 0.868. The van der Waals surface area contributed by atoms with E-state index in [2.05, 4.69) is 10.2 Å². The fourth-order valence-corrected chi connectivity index (χ4v) is 1.11. The normalized spacial score (nSPS) is 8.48. The van der Waals surface area contributed by atoms with Gasteiger partial charge < -0.3 is 4.74 Å². The van der Waals surface area contributed by atoms with Gasteiger partial charge in [0.15, 0.2) is 0 Å². The van der Waals surface area contributed by atoms with Crippen molar-refractivity contribution in [1.82, 2.24) is 0 Å². The summed E-state index contributed by atoms with van der Waals surface area (Å²) in [6.45, 7) is 12.0. The molecule has 0 aliphatic carbocycles. The zero-order valence-electron chi connectivity index (χ0n) is 16.4. The number of hydrogen-bond acceptors (Lipinski definition) is 5. The van der Waals surface area contributed by atoms with E-state index in [-0.39, 0.29) is 0 Å². The average Bonchev–Trinajstić information content (AvgIpc) is 2.68. The van der Waals surface area contributed by atoms with Gasteiger partial charge in [-0.1, -0.05) is 77.9 Å². The Hall–Kier alpha value is -1.89. The predicted molar refractivity (Wildman–Crippen MR) is 107 cm³/mol. The Bertz CT molecular complexity index is 535. The van der Waals surface area contributed by atoms with Gasteiger partial charge in [-0.15, -0.1) is 0 Å². The third-order valence-electron chi connectivity index (χ3n) is 1.90. The van der Waals surface area contributed by atoms with E-state index in [0.29, 0.717) is 0 Å². The van der Waals surface area contributed by atoms with Crippen LogP contribution in [0.4, 0.5) is 0 Å². The van der Waals surface area contributed by atoms with Crippen LogP contribution < -0.4 is 10.6 Å². The van der Waals surface area contributed by atoms with E-state index in [1.165, 1.54) is 0 Å². The van der Waals surface area contributed by atoms with Crippen LogP contribution in [0.5, 0.6) is 11.5 Å². The molecular weight excluding hydrogens is 338 g/mol. The van der Waals surface area contributed by atoms with Crippen LogP contribution in [0, 0.1) is 0 Å². The summed E-state index contributed by atoms with van der Waals surface area (Å²) in [6.07, 6.45) is 0.868. The van der Waals surface area contributed by atoms with Crippen molar-refractivity contribution >= 4 is 10.1 Å². The summed E-state index contributed by atoms with van der Waals surface area (Å²) in [7, 11) is -3.38. The van der Waals surface area contributed by atoms with Crippen molar-refractivity contribution in [3.8, 4) is 11.5 Å². The summed E-state index contributed by atoms with van der Waals surface area (Å²) in [5, 5.41) is 0. The van der Waals surface area contributed by atoms with Gasteiger partial charge in [0.1, 0.15) is 11.5 Å². The fraction of sp³-hybridized carbons (Fsp3) is 0.368. The zero-order valence-corrected chi connectivity index (χ0v) is 17.2. The maximum absolute atomic E-state index is 9.65. The summed E-state index contributed by atoms with van der Waals surface area (Å²) in [4.78, 5) is 0. The average molecular weight is 372 g/mol. The molecule has 0 amide bonds. The molecule has 0 fully saturated rings. The molecule has 2 aromatic carbocycles. The standard InChI is InChI=1S/C12H10O.3C2H6.CH5NO3S/c1-3-7-11(8-4-1)13-12-9-5-2-6-10-12;3*1-2;1-6(3,4)5-2/h1-10H;3*1-2H3;2H2,1H3. The van der Waals surface area contributed by atoms with E-state index in [9.17, 15) is 8.42 Å². The molecule has 2 rings (SSSR count). The molecule has 2 aromatic rings. The molecule has 0 unspecified atom stereocenters. The first kappa shape index (κ1) is 27.9. The Morgan fingerprint density at radius 2 is 0.920 bits per heavy atom. The highest BCUT2D eigenvalue weighted by molar-refractivity contribution is 7.85. The summed E-state index contributed by atoms with van der Waals surface area (Å²) in [6, 6.07) is 19.5. The van der Waals surface area contributed by atoms with Gasteiger partial charge in [-0.2, -0.15) is 18.6 Å². The molecule has 2 N–H and O–H groups in total. The number of nitrogens with two attached hydrogens (primary N) is 1. The topological polar surface area (TPSA) is 78.6 Å². The SMILES string of the molecule is CC.CC.CC.CS(=O)(=O)ON.c1ccc(Oc2ccccc2)cc1. The van der Waals surface area contributed by atoms with Gasteiger partial charge in [-0.05, 0) is 24.3 Å². The number of hydrogen-bond donors (Lipinski definition) is 1. The maximum atomic E-state index is 9.65. The highest BCUT2D eigenvalue weighted by Crippen LogP contribution is 2.19. The monoisotopic (exact) mass is 371 g/mol. The zero-order chi connectivity index (χ0) is 20.1. The van der Waals surface area contributed by atoms with E-state index in [1.54, 1.807) is 0 Å². The first-order valence-corrected chi connectivity index (χ1v) is 10.2. The van der Waals surface area contributed by atoms with Gasteiger partial charge in [0.25, 0.3) is 10.1 Å². The smallest absolute Gasteiger partial charge is 0.280 e. The lowest BCUT2D eigenvalue weighted by Gasteiger charge is -2.03. The van der Waals surface area contributed by atoms with Crippen molar-refractivity contribution in [1.29, 1.82) is 0 Å². The van der Waals surface area contributed by atoms with Gasteiger partial charge in [0.05, 0.1) is 6.26 Å². The molecule has 0 aliphatic heterocycles. The van der Waals surface area contributed by atoms with Crippen molar-refractivity contribution in [3.05, 3.63) is 60.7 Å². The number of ether oxygens (including phenoxy) is 1. The van der Waals surface area contributed by atoms with Gasteiger partial charge in [-0.25, -0.2) is 0 Å². The second-order valence-electron chi connectivity index (χ2n) is 3.53. The third kappa shape index (κ3) is 20.1. The Morgan fingerprint density at radius 3 is 1.12 bits per heavy atom. The highest BCUT2D eigenvalue weighted by atomic mass is 32.2. The number of para-hydroxylation sites is 2. The minimum atomic E-state index is -3.38. The number of benzene rings is 2. The maximum Gasteiger partial charge on any atom is 0.280 e. The largest absolute Gasteiger partial charge is 0.457 e. The molecule has 0 radical (unpaired) electrons. The Morgan fingerprint density at radius 1 is 0.680 bits per heavy atom. The molecule has 0 aliphatic rings. The van der Waals surface area contributed by atoms with Crippen molar-refractivity contribution in [3.63, 3.8) is 0 Å². The van der Waals surface area contributed by atoms with Crippen LogP contribution in [-0.2, 0) is 14.4 Å². The first-order chi connectivity index (χ1) is 12.0. The van der Waals surface area contributed by atoms with Crippen molar-refractivity contribution in [2.24, 2.45) is 5.90 Å². The molecule has 0 atom stereocenters. The summed E-state index contributed by atoms with van der Waals surface area (Å²) >= 11 is 0. The number of rotatable bonds is 3. The van der Waals surface area contributed by atoms with Crippen molar-refractivity contribution in [2.75, 3.05) is 6.26 Å². The lowest BCUT2D eigenvalue weighted by molar-refractivity contribution is 0.337. The minimum Gasteiger partial charge on any atom is -0.457 e. The van der Waals surface area contributed by atoms with Gasteiger partial charge in [-0.3, -0.25) is 0 Å².